The number of likely N-dealkylation sites (tertiary alicyclic amines) is 1. The van der Waals surface area contributed by atoms with Crippen LogP contribution in [0.5, 0.6) is 5.75 Å². The number of hydrogen-bond acceptors (Lipinski definition) is 6. The first kappa shape index (κ1) is 25.0. The van der Waals surface area contributed by atoms with E-state index in [1.165, 1.54) is 10.7 Å². The smallest absolute Gasteiger partial charge is 0.243 e. The lowest BCUT2D eigenvalue weighted by Crippen LogP contribution is -2.48. The van der Waals surface area contributed by atoms with Crippen molar-refractivity contribution in [3.63, 3.8) is 0 Å². The first-order valence-electron chi connectivity index (χ1n) is 11.6. The fourth-order valence-electron chi connectivity index (χ4n) is 4.77. The van der Waals surface area contributed by atoms with E-state index >= 15 is 0 Å². The molecule has 2 heterocycles. The summed E-state index contributed by atoms with van der Waals surface area (Å²) in [5, 5.41) is 3.24. The Morgan fingerprint density at radius 2 is 1.72 bits per heavy atom. The molecule has 2 atom stereocenters. The van der Waals surface area contributed by atoms with Gasteiger partial charge in [-0.3, -0.25) is 4.79 Å². The Labute approximate surface area is 192 Å². The molecule has 0 aromatic heterocycles. The summed E-state index contributed by atoms with van der Waals surface area (Å²) in [6.07, 6.45) is 1.41. The molecular weight excluding hydrogens is 428 g/mol. The minimum absolute atomic E-state index is 0.0154. The third-order valence-corrected chi connectivity index (χ3v) is 8.26. The maximum atomic E-state index is 13.5. The van der Waals surface area contributed by atoms with Gasteiger partial charge >= 0.3 is 0 Å². The number of piperazine rings is 1. The molecule has 0 unspecified atom stereocenters. The van der Waals surface area contributed by atoms with Crippen molar-refractivity contribution >= 4 is 15.9 Å². The summed E-state index contributed by atoms with van der Waals surface area (Å²) in [6.45, 7) is 10.6. The molecule has 9 heteroatoms. The van der Waals surface area contributed by atoms with Crippen molar-refractivity contribution < 1.29 is 17.9 Å². The van der Waals surface area contributed by atoms with Crippen LogP contribution in [0.4, 0.5) is 0 Å². The Kier molecular flexibility index (Phi) is 8.93. The predicted octanol–water partition coefficient (Wildman–Crippen LogP) is 1.49. The van der Waals surface area contributed by atoms with Gasteiger partial charge in [0.2, 0.25) is 15.9 Å². The van der Waals surface area contributed by atoms with Gasteiger partial charge in [-0.05, 0) is 42.5 Å². The van der Waals surface area contributed by atoms with Gasteiger partial charge in [-0.2, -0.15) is 4.31 Å². The molecule has 0 bridgehead atoms. The van der Waals surface area contributed by atoms with Gasteiger partial charge in [0.05, 0.1) is 12.0 Å². The maximum absolute atomic E-state index is 13.5. The largest absolute Gasteiger partial charge is 0.497 e. The fraction of sp³-hybridized carbons (Fsp3) is 0.696. The van der Waals surface area contributed by atoms with Crippen LogP contribution in [0.3, 0.4) is 0 Å². The molecule has 1 aromatic carbocycles. The highest BCUT2D eigenvalue weighted by Gasteiger charge is 2.28. The molecule has 32 heavy (non-hydrogen) atoms. The van der Waals surface area contributed by atoms with E-state index < -0.39 is 10.0 Å². The van der Waals surface area contributed by atoms with Crippen molar-refractivity contribution in [1.82, 2.24) is 19.4 Å². The summed E-state index contributed by atoms with van der Waals surface area (Å²) in [5.41, 5.74) is 0. The SMILES string of the molecule is COc1ccc(S(=O)(=O)N(CCC(=O)N2CCNCC2)CCN2C[C@@H](C)C[C@H](C)C2)cc1. The highest BCUT2D eigenvalue weighted by Crippen LogP contribution is 2.23. The second kappa shape index (κ2) is 11.4. The van der Waals surface area contributed by atoms with Crippen LogP contribution in [0.2, 0.25) is 0 Å². The van der Waals surface area contributed by atoms with E-state index in [2.05, 4.69) is 24.1 Å². The summed E-state index contributed by atoms with van der Waals surface area (Å²) in [7, 11) is -2.16. The number of benzene rings is 1. The Hall–Kier alpha value is -1.68. The van der Waals surface area contributed by atoms with Gasteiger partial charge in [-0.25, -0.2) is 8.42 Å². The summed E-state index contributed by atoms with van der Waals surface area (Å²) in [4.78, 5) is 17.1. The predicted molar refractivity (Wildman–Crippen MR) is 125 cm³/mol. The zero-order chi connectivity index (χ0) is 23.1. The first-order chi connectivity index (χ1) is 15.3. The quantitative estimate of drug-likeness (QED) is 0.594. The molecule has 8 nitrogen and oxygen atoms in total. The molecule has 2 aliphatic heterocycles. The molecule has 1 N–H and O–H groups in total. The lowest BCUT2D eigenvalue weighted by Gasteiger charge is -2.36. The number of hydrogen-bond donors (Lipinski definition) is 1. The van der Waals surface area contributed by atoms with E-state index in [4.69, 9.17) is 4.74 Å². The van der Waals surface area contributed by atoms with E-state index in [1.807, 2.05) is 4.90 Å². The number of amides is 1. The lowest BCUT2D eigenvalue weighted by molar-refractivity contribution is -0.131. The molecular formula is C23H38N4O4S. The molecule has 1 amide bonds. The van der Waals surface area contributed by atoms with Crippen LogP contribution in [0.1, 0.15) is 26.7 Å². The molecule has 2 fully saturated rings. The number of rotatable bonds is 9. The van der Waals surface area contributed by atoms with E-state index in [-0.39, 0.29) is 23.8 Å². The van der Waals surface area contributed by atoms with E-state index in [0.717, 1.165) is 26.2 Å². The topological polar surface area (TPSA) is 82.2 Å². The number of ether oxygens (including phenoxy) is 1. The van der Waals surface area contributed by atoms with Gasteiger partial charge in [0.1, 0.15) is 5.75 Å². The standard InChI is InChI=1S/C23H38N4O4S/c1-19-16-20(2)18-25(17-19)14-15-27(11-8-23(28)26-12-9-24-10-13-26)32(29,30)22-6-4-21(31-3)5-7-22/h4-7,19-20,24H,8-18H2,1-3H3/t19-,20-/m0/s1. The maximum Gasteiger partial charge on any atom is 0.243 e. The minimum Gasteiger partial charge on any atom is -0.497 e. The number of carbonyl (C=O) groups is 1. The van der Waals surface area contributed by atoms with Gasteiger partial charge in [0, 0.05) is 65.3 Å². The number of nitrogens with zero attached hydrogens (tertiary/aromatic N) is 3. The number of methoxy groups -OCH3 is 1. The van der Waals surface area contributed by atoms with Crippen molar-refractivity contribution in [3.05, 3.63) is 24.3 Å². The number of nitrogens with one attached hydrogen (secondary N) is 1. The average molecular weight is 467 g/mol. The molecule has 1 aromatic rings. The lowest BCUT2D eigenvalue weighted by atomic mass is 9.92. The van der Waals surface area contributed by atoms with E-state index in [9.17, 15) is 13.2 Å². The van der Waals surface area contributed by atoms with Gasteiger partial charge in [0.15, 0.2) is 0 Å². The number of sulfonamides is 1. The summed E-state index contributed by atoms with van der Waals surface area (Å²) < 4.78 is 33.6. The minimum atomic E-state index is -3.71. The highest BCUT2D eigenvalue weighted by molar-refractivity contribution is 7.89. The van der Waals surface area contributed by atoms with Crippen molar-refractivity contribution in [2.24, 2.45) is 11.8 Å². The van der Waals surface area contributed by atoms with Crippen molar-refractivity contribution in [3.8, 4) is 5.75 Å². The normalized spacial score (nSPS) is 22.8. The second-order valence-electron chi connectivity index (χ2n) is 9.17. The molecule has 0 spiro atoms. The van der Waals surface area contributed by atoms with Gasteiger partial charge in [-0.15, -0.1) is 0 Å². The third kappa shape index (κ3) is 6.66. The van der Waals surface area contributed by atoms with Crippen LogP contribution < -0.4 is 10.1 Å². The zero-order valence-corrected chi connectivity index (χ0v) is 20.4. The van der Waals surface area contributed by atoms with Crippen LogP contribution in [0.25, 0.3) is 0 Å². The fourth-order valence-corrected chi connectivity index (χ4v) is 6.20. The molecule has 2 saturated heterocycles. The summed E-state index contributed by atoms with van der Waals surface area (Å²) in [6, 6.07) is 6.46. The monoisotopic (exact) mass is 466 g/mol. The Balaban J connectivity index is 1.70. The molecule has 0 saturated carbocycles. The second-order valence-corrected chi connectivity index (χ2v) is 11.1. The van der Waals surface area contributed by atoms with Crippen molar-refractivity contribution in [1.29, 1.82) is 0 Å². The average Bonchev–Trinajstić information content (AvgIpc) is 2.78. The number of piperidine rings is 1. The van der Waals surface area contributed by atoms with Gasteiger partial charge in [-0.1, -0.05) is 13.8 Å². The van der Waals surface area contributed by atoms with Crippen LogP contribution in [0.15, 0.2) is 29.2 Å². The van der Waals surface area contributed by atoms with Crippen LogP contribution in [-0.2, 0) is 14.8 Å². The van der Waals surface area contributed by atoms with E-state index in [1.54, 1.807) is 31.4 Å². The van der Waals surface area contributed by atoms with Crippen LogP contribution in [-0.4, -0.2) is 94.4 Å². The zero-order valence-electron chi connectivity index (χ0n) is 19.6. The summed E-state index contributed by atoms with van der Waals surface area (Å²) >= 11 is 0. The van der Waals surface area contributed by atoms with E-state index in [0.29, 0.717) is 43.8 Å². The first-order valence-corrected chi connectivity index (χ1v) is 13.1. The molecule has 0 radical (unpaired) electrons. The number of carbonyl (C=O) groups excluding carboxylic acids is 1. The van der Waals surface area contributed by atoms with Crippen molar-refractivity contribution in [2.75, 3.05) is 66.0 Å². The Morgan fingerprint density at radius 1 is 1.09 bits per heavy atom. The van der Waals surface area contributed by atoms with Crippen LogP contribution >= 0.6 is 0 Å². The molecule has 2 aliphatic rings. The van der Waals surface area contributed by atoms with Crippen LogP contribution in [0, 0.1) is 11.8 Å². The van der Waals surface area contributed by atoms with Crippen molar-refractivity contribution in [2.45, 2.75) is 31.6 Å². The van der Waals surface area contributed by atoms with Gasteiger partial charge < -0.3 is 19.9 Å². The Bertz CT molecular complexity index is 830. The molecule has 3 rings (SSSR count). The Morgan fingerprint density at radius 3 is 2.31 bits per heavy atom. The molecule has 180 valence electrons. The van der Waals surface area contributed by atoms with Gasteiger partial charge in [0.25, 0.3) is 0 Å². The highest BCUT2D eigenvalue weighted by atomic mass is 32.2. The summed E-state index contributed by atoms with van der Waals surface area (Å²) in [5.74, 6) is 1.85. The third-order valence-electron chi connectivity index (χ3n) is 6.35. The molecule has 0 aliphatic carbocycles.